The molecule has 0 aliphatic heterocycles. The van der Waals surface area contributed by atoms with E-state index < -0.39 is 0 Å². The third-order valence-electron chi connectivity index (χ3n) is 2.00. The molecule has 1 aromatic heterocycles. The van der Waals surface area contributed by atoms with E-state index in [0.717, 1.165) is 23.2 Å². The first-order valence-electron chi connectivity index (χ1n) is 4.96. The van der Waals surface area contributed by atoms with Crippen LogP contribution in [0.2, 0.25) is 0 Å². The maximum absolute atomic E-state index is 4.39. The molecule has 1 heterocycles. The predicted octanol–water partition coefficient (Wildman–Crippen LogP) is 2.51. The lowest BCUT2D eigenvalue weighted by molar-refractivity contribution is 0.956. The summed E-state index contributed by atoms with van der Waals surface area (Å²) >= 11 is 1.65. The first-order chi connectivity index (χ1) is 7.38. The molecule has 0 atom stereocenters. The minimum absolute atomic E-state index is 0.818. The Morgan fingerprint density at radius 3 is 2.80 bits per heavy atom. The third-order valence-corrected chi connectivity index (χ3v) is 2.73. The van der Waals surface area contributed by atoms with E-state index in [1.54, 1.807) is 11.8 Å². The van der Waals surface area contributed by atoms with Gasteiger partial charge in [0.05, 0.1) is 0 Å². The second-order valence-electron chi connectivity index (χ2n) is 3.16. The first kappa shape index (κ1) is 10.2. The fourth-order valence-corrected chi connectivity index (χ4v) is 1.88. The summed E-state index contributed by atoms with van der Waals surface area (Å²) in [5.41, 5.74) is 1.25. The molecule has 0 spiro atoms. The monoisotopic (exact) mass is 219 g/mol. The summed E-state index contributed by atoms with van der Waals surface area (Å²) < 4.78 is 0. The molecule has 0 saturated heterocycles. The smallest absolute Gasteiger partial charge is 0.208 e. The molecule has 0 fully saturated rings. The van der Waals surface area contributed by atoms with Gasteiger partial charge in [-0.15, -0.1) is 5.10 Å². The number of hydrogen-bond donors (Lipinski definition) is 1. The van der Waals surface area contributed by atoms with E-state index in [2.05, 4.69) is 34.2 Å². The van der Waals surface area contributed by atoms with Crippen molar-refractivity contribution in [3.63, 3.8) is 0 Å². The van der Waals surface area contributed by atoms with Crippen LogP contribution in [-0.2, 0) is 6.42 Å². The van der Waals surface area contributed by atoms with Gasteiger partial charge in [-0.1, -0.05) is 49.0 Å². The Bertz CT molecular complexity index is 411. The highest BCUT2D eigenvalue weighted by molar-refractivity contribution is 7.99. The first-order valence-corrected chi connectivity index (χ1v) is 5.95. The summed E-state index contributed by atoms with van der Waals surface area (Å²) in [4.78, 5) is 4.39. The molecule has 1 N–H and O–H groups in total. The normalized spacial score (nSPS) is 10.5. The molecule has 2 aromatic rings. The van der Waals surface area contributed by atoms with Crippen molar-refractivity contribution in [1.29, 1.82) is 0 Å². The number of aromatic amines is 1. The quantitative estimate of drug-likeness (QED) is 0.803. The minimum atomic E-state index is 0.818. The van der Waals surface area contributed by atoms with Crippen LogP contribution in [0.4, 0.5) is 0 Å². The summed E-state index contributed by atoms with van der Waals surface area (Å²) in [7, 11) is 0. The zero-order valence-corrected chi connectivity index (χ0v) is 9.42. The van der Waals surface area contributed by atoms with Crippen molar-refractivity contribution in [2.24, 2.45) is 0 Å². The van der Waals surface area contributed by atoms with E-state index in [-0.39, 0.29) is 0 Å². The number of aromatic nitrogens is 3. The van der Waals surface area contributed by atoms with Gasteiger partial charge in [-0.2, -0.15) is 0 Å². The fourth-order valence-electron chi connectivity index (χ4n) is 1.34. The van der Waals surface area contributed by atoms with Crippen LogP contribution in [0.5, 0.6) is 0 Å². The van der Waals surface area contributed by atoms with E-state index >= 15 is 0 Å². The molecule has 0 aliphatic rings. The summed E-state index contributed by atoms with van der Waals surface area (Å²) in [6.45, 7) is 2.10. The van der Waals surface area contributed by atoms with Crippen molar-refractivity contribution in [2.75, 3.05) is 5.75 Å². The molecule has 0 aliphatic carbocycles. The van der Waals surface area contributed by atoms with Crippen LogP contribution in [0.3, 0.4) is 0 Å². The lowest BCUT2D eigenvalue weighted by Gasteiger charge is -1.95. The van der Waals surface area contributed by atoms with Crippen LogP contribution in [0, 0.1) is 0 Å². The Morgan fingerprint density at radius 2 is 2.07 bits per heavy atom. The molecular weight excluding hydrogens is 206 g/mol. The molecular formula is C11H13N3S. The number of nitrogens with one attached hydrogen (secondary N) is 1. The topological polar surface area (TPSA) is 41.6 Å². The van der Waals surface area contributed by atoms with Crippen molar-refractivity contribution in [3.05, 3.63) is 41.7 Å². The molecule has 3 nitrogen and oxygen atoms in total. The molecule has 4 heteroatoms. The highest BCUT2D eigenvalue weighted by Crippen LogP contribution is 2.12. The van der Waals surface area contributed by atoms with Gasteiger partial charge in [0.2, 0.25) is 5.16 Å². The fraction of sp³-hybridized carbons (Fsp3) is 0.273. The van der Waals surface area contributed by atoms with Gasteiger partial charge in [0.15, 0.2) is 0 Å². The lowest BCUT2D eigenvalue weighted by Crippen LogP contribution is -1.89. The molecule has 15 heavy (non-hydrogen) atoms. The van der Waals surface area contributed by atoms with E-state index in [0.29, 0.717) is 0 Å². The van der Waals surface area contributed by atoms with Crippen LogP contribution >= 0.6 is 11.8 Å². The minimum Gasteiger partial charge on any atom is -0.262 e. The predicted molar refractivity (Wildman–Crippen MR) is 62.0 cm³/mol. The molecule has 0 amide bonds. The highest BCUT2D eigenvalue weighted by atomic mass is 32.2. The van der Waals surface area contributed by atoms with Gasteiger partial charge in [0, 0.05) is 6.42 Å². The van der Waals surface area contributed by atoms with E-state index in [9.17, 15) is 0 Å². The average molecular weight is 219 g/mol. The van der Waals surface area contributed by atoms with Crippen LogP contribution in [0.15, 0.2) is 35.5 Å². The Morgan fingerprint density at radius 1 is 1.27 bits per heavy atom. The van der Waals surface area contributed by atoms with Gasteiger partial charge in [-0.25, -0.2) is 4.98 Å². The van der Waals surface area contributed by atoms with Gasteiger partial charge in [-0.3, -0.25) is 5.10 Å². The molecule has 1 aromatic carbocycles. The molecule has 0 radical (unpaired) electrons. The molecule has 0 unspecified atom stereocenters. The van der Waals surface area contributed by atoms with Crippen LogP contribution < -0.4 is 0 Å². The Labute approximate surface area is 93.3 Å². The zero-order chi connectivity index (χ0) is 10.5. The highest BCUT2D eigenvalue weighted by Gasteiger charge is 2.03. The second kappa shape index (κ2) is 4.98. The molecule has 0 bridgehead atoms. The van der Waals surface area contributed by atoms with Gasteiger partial charge in [0.1, 0.15) is 5.82 Å². The third kappa shape index (κ3) is 2.83. The Hall–Kier alpha value is -1.29. The summed E-state index contributed by atoms with van der Waals surface area (Å²) in [6, 6.07) is 10.3. The van der Waals surface area contributed by atoms with Crippen molar-refractivity contribution in [3.8, 4) is 0 Å². The van der Waals surface area contributed by atoms with Crippen molar-refractivity contribution < 1.29 is 0 Å². The van der Waals surface area contributed by atoms with Crippen LogP contribution in [0.25, 0.3) is 0 Å². The van der Waals surface area contributed by atoms with Crippen molar-refractivity contribution in [2.45, 2.75) is 18.5 Å². The van der Waals surface area contributed by atoms with Crippen molar-refractivity contribution in [1.82, 2.24) is 15.2 Å². The molecule has 2 rings (SSSR count). The van der Waals surface area contributed by atoms with Gasteiger partial charge < -0.3 is 0 Å². The maximum Gasteiger partial charge on any atom is 0.208 e. The molecule has 0 saturated carbocycles. The van der Waals surface area contributed by atoms with E-state index in [1.807, 2.05) is 18.2 Å². The maximum atomic E-state index is 4.39. The number of benzene rings is 1. The van der Waals surface area contributed by atoms with Crippen molar-refractivity contribution >= 4 is 11.8 Å². The van der Waals surface area contributed by atoms with Crippen LogP contribution in [0.1, 0.15) is 18.3 Å². The number of H-pyrrole nitrogens is 1. The second-order valence-corrected chi connectivity index (χ2v) is 4.39. The Kier molecular flexibility index (Phi) is 3.40. The number of rotatable bonds is 4. The number of nitrogens with zero attached hydrogens (tertiary/aromatic N) is 2. The van der Waals surface area contributed by atoms with Gasteiger partial charge >= 0.3 is 0 Å². The average Bonchev–Trinajstić information content (AvgIpc) is 2.68. The number of hydrogen-bond acceptors (Lipinski definition) is 3. The summed E-state index contributed by atoms with van der Waals surface area (Å²) in [5, 5.41) is 7.92. The SMILES string of the molecule is CCSc1n[nH]c(Cc2ccccc2)n1. The zero-order valence-electron chi connectivity index (χ0n) is 8.60. The number of thioether (sulfide) groups is 1. The van der Waals surface area contributed by atoms with E-state index in [1.165, 1.54) is 5.56 Å². The van der Waals surface area contributed by atoms with Crippen LogP contribution in [-0.4, -0.2) is 20.9 Å². The molecule has 78 valence electrons. The van der Waals surface area contributed by atoms with Gasteiger partial charge in [-0.05, 0) is 11.3 Å². The largest absolute Gasteiger partial charge is 0.262 e. The van der Waals surface area contributed by atoms with E-state index in [4.69, 9.17) is 0 Å². The summed E-state index contributed by atoms with van der Waals surface area (Å²) in [6.07, 6.45) is 0.818. The van der Waals surface area contributed by atoms with Gasteiger partial charge in [0.25, 0.3) is 0 Å². The standard InChI is InChI=1S/C11H13N3S/c1-2-15-11-12-10(13-14-11)8-9-6-4-3-5-7-9/h3-7H,2,8H2,1H3,(H,12,13,14). The summed E-state index contributed by atoms with van der Waals surface area (Å²) in [5.74, 6) is 1.93. The Balaban J connectivity index is 2.05. The lowest BCUT2D eigenvalue weighted by atomic mass is 10.1.